The first kappa shape index (κ1) is 12.7. The quantitative estimate of drug-likeness (QED) is 0.375. The number of aryl methyl sites for hydroxylation is 1. The van der Waals surface area contributed by atoms with Crippen LogP contribution in [-0.2, 0) is 6.42 Å². The minimum absolute atomic E-state index is 0.494. The minimum Gasteiger partial charge on any atom is -0.251 e. The Kier molecular flexibility index (Phi) is 2.36. The van der Waals surface area contributed by atoms with Crippen molar-refractivity contribution in [3.8, 4) is 0 Å². The van der Waals surface area contributed by atoms with Crippen LogP contribution in [0, 0.1) is 10.6 Å². The third-order valence-electron chi connectivity index (χ3n) is 5.90. The maximum absolute atomic E-state index is 4.75. The number of nitrogens with zero attached hydrogens (tertiary/aromatic N) is 1. The van der Waals surface area contributed by atoms with Gasteiger partial charge in [0.1, 0.15) is 0 Å². The molecule has 6 rings (SSSR count). The third-order valence-corrected chi connectivity index (χ3v) is 5.90. The summed E-state index contributed by atoms with van der Waals surface area (Å²) >= 11 is 0. The Hall–Kier alpha value is -2.67. The van der Waals surface area contributed by atoms with Gasteiger partial charge in [-0.1, -0.05) is 48.5 Å². The summed E-state index contributed by atoms with van der Waals surface area (Å²) in [6.45, 7) is 0. The lowest BCUT2D eigenvalue weighted by atomic mass is 9.77. The smallest absolute Gasteiger partial charge is 0.0724 e. The monoisotopic (exact) mass is 307 g/mol. The average molecular weight is 307 g/mol. The molecule has 0 aromatic heterocycles. The molecule has 1 nitrogen and oxygen atoms in total. The Morgan fingerprint density at radius 1 is 0.792 bits per heavy atom. The molecule has 0 fully saturated rings. The minimum atomic E-state index is 0.494. The lowest BCUT2D eigenvalue weighted by molar-refractivity contribution is 0.596. The van der Waals surface area contributed by atoms with Gasteiger partial charge in [-0.05, 0) is 64.1 Å². The van der Waals surface area contributed by atoms with E-state index in [2.05, 4.69) is 60.7 Å². The summed E-state index contributed by atoms with van der Waals surface area (Å²) < 4.78 is 0. The maximum atomic E-state index is 4.75. The van der Waals surface area contributed by atoms with Crippen molar-refractivity contribution in [2.75, 3.05) is 0 Å². The zero-order valence-corrected chi connectivity index (χ0v) is 13.4. The zero-order chi connectivity index (χ0) is 15.7. The van der Waals surface area contributed by atoms with Crippen LogP contribution < -0.4 is 0 Å². The van der Waals surface area contributed by atoms with E-state index < -0.39 is 0 Å². The van der Waals surface area contributed by atoms with Crippen LogP contribution in [0.25, 0.3) is 21.5 Å². The van der Waals surface area contributed by atoms with Gasteiger partial charge < -0.3 is 0 Å². The molecule has 0 N–H and O–H groups in total. The van der Waals surface area contributed by atoms with E-state index in [1.165, 1.54) is 62.6 Å². The number of fused-ring (bicyclic) bond motifs is 5. The van der Waals surface area contributed by atoms with Gasteiger partial charge in [0.25, 0.3) is 0 Å². The molecule has 24 heavy (non-hydrogen) atoms. The van der Waals surface area contributed by atoms with Gasteiger partial charge >= 0.3 is 0 Å². The summed E-state index contributed by atoms with van der Waals surface area (Å²) in [5, 5.41) is 8.15. The van der Waals surface area contributed by atoms with Gasteiger partial charge in [-0.3, -0.25) is 4.98 Å². The summed E-state index contributed by atoms with van der Waals surface area (Å²) in [6, 6.07) is 22.4. The van der Waals surface area contributed by atoms with Crippen molar-refractivity contribution >= 4 is 21.5 Å². The van der Waals surface area contributed by atoms with Crippen molar-refractivity contribution < 1.29 is 0 Å². The first-order valence-corrected chi connectivity index (χ1v) is 8.85. The number of rotatable bonds is 1. The maximum Gasteiger partial charge on any atom is 0.0724 e. The topological polar surface area (TPSA) is 12.9 Å². The van der Waals surface area contributed by atoms with Gasteiger partial charge in [0, 0.05) is 11.1 Å². The molecule has 0 saturated carbocycles. The van der Waals surface area contributed by atoms with Gasteiger partial charge in [-0.25, -0.2) is 0 Å². The highest BCUT2D eigenvalue weighted by atomic mass is 14.8. The predicted octanol–water partition coefficient (Wildman–Crippen LogP) is 5.46. The van der Waals surface area contributed by atoms with Crippen LogP contribution in [0.1, 0.15) is 35.6 Å². The molecule has 1 heteroatoms. The number of aromatic nitrogens is 1. The standard InChI is InChI=1S/C23H17N/c1-2-5-15-14(4-1)8-9-18-16-6-3-7-20(19(16)11-10-17(15)18)23-21-12-13-22(21)24-23/h1-2,4-5,8-13,20H,3,6-7H2. The lowest BCUT2D eigenvalue weighted by Gasteiger charge is -2.29. The molecule has 1 atom stereocenters. The predicted molar refractivity (Wildman–Crippen MR) is 98.1 cm³/mol. The molecule has 0 amide bonds. The van der Waals surface area contributed by atoms with Crippen LogP contribution in [0.15, 0.2) is 60.7 Å². The van der Waals surface area contributed by atoms with E-state index in [0.717, 1.165) is 0 Å². The first-order chi connectivity index (χ1) is 11.9. The van der Waals surface area contributed by atoms with Gasteiger partial charge in [0.15, 0.2) is 0 Å². The number of pyridine rings is 1. The van der Waals surface area contributed by atoms with E-state index in [9.17, 15) is 0 Å². The van der Waals surface area contributed by atoms with Crippen LogP contribution >= 0.6 is 0 Å². The molecule has 0 saturated heterocycles. The summed E-state index contributed by atoms with van der Waals surface area (Å²) in [5.74, 6) is 0.494. The normalized spacial score (nSPS) is 17.9. The van der Waals surface area contributed by atoms with Crippen LogP contribution in [0.5, 0.6) is 0 Å². The largest absolute Gasteiger partial charge is 0.251 e. The Labute approximate surface area is 140 Å². The van der Waals surface area contributed by atoms with Crippen LogP contribution in [-0.4, -0.2) is 4.98 Å². The summed E-state index contributed by atoms with van der Waals surface area (Å²) in [6.07, 6.45) is 3.68. The van der Waals surface area contributed by atoms with Crippen molar-refractivity contribution in [1.82, 2.24) is 4.98 Å². The van der Waals surface area contributed by atoms with Crippen molar-refractivity contribution in [3.05, 3.63) is 88.1 Å². The SMILES string of the molecule is c1ccc2c(c1)ccc1c3c(ccc12)C(c1nc2ccc1=2)CCC3. The highest BCUT2D eigenvalue weighted by Crippen LogP contribution is 2.41. The highest BCUT2D eigenvalue weighted by molar-refractivity contribution is 6.08. The zero-order valence-electron chi connectivity index (χ0n) is 13.4. The fourth-order valence-corrected chi connectivity index (χ4v) is 4.65. The van der Waals surface area contributed by atoms with Crippen molar-refractivity contribution in [1.29, 1.82) is 0 Å². The van der Waals surface area contributed by atoms with E-state index >= 15 is 0 Å². The molecule has 3 aliphatic rings. The molecule has 0 bridgehead atoms. The second-order valence-electron chi connectivity index (χ2n) is 7.09. The van der Waals surface area contributed by atoms with Crippen molar-refractivity contribution in [2.45, 2.75) is 25.2 Å². The molecule has 2 aliphatic carbocycles. The Morgan fingerprint density at radius 2 is 1.71 bits per heavy atom. The second-order valence-corrected chi connectivity index (χ2v) is 7.09. The van der Waals surface area contributed by atoms with Gasteiger partial charge in [0.2, 0.25) is 0 Å². The van der Waals surface area contributed by atoms with Crippen LogP contribution in [0.3, 0.4) is 0 Å². The van der Waals surface area contributed by atoms with Gasteiger partial charge in [-0.2, -0.15) is 0 Å². The molecule has 1 unspecified atom stereocenters. The van der Waals surface area contributed by atoms with Gasteiger partial charge in [0.05, 0.1) is 11.0 Å². The van der Waals surface area contributed by atoms with Crippen molar-refractivity contribution in [3.63, 3.8) is 0 Å². The van der Waals surface area contributed by atoms with E-state index in [-0.39, 0.29) is 0 Å². The highest BCUT2D eigenvalue weighted by Gasteiger charge is 2.27. The molecule has 0 spiro atoms. The molecular weight excluding hydrogens is 290 g/mol. The van der Waals surface area contributed by atoms with E-state index in [0.29, 0.717) is 5.92 Å². The lowest BCUT2D eigenvalue weighted by Crippen LogP contribution is -2.16. The third kappa shape index (κ3) is 1.52. The molecule has 3 aromatic rings. The Morgan fingerprint density at radius 3 is 2.54 bits per heavy atom. The first-order valence-electron chi connectivity index (χ1n) is 8.85. The molecule has 1 aliphatic heterocycles. The number of benzene rings is 3. The van der Waals surface area contributed by atoms with Crippen LogP contribution in [0.2, 0.25) is 0 Å². The van der Waals surface area contributed by atoms with E-state index in [1.807, 2.05) is 0 Å². The fourth-order valence-electron chi connectivity index (χ4n) is 4.65. The number of hydrogen-bond acceptors (Lipinski definition) is 1. The molecular formula is C23H17N. The van der Waals surface area contributed by atoms with Gasteiger partial charge in [-0.15, -0.1) is 0 Å². The molecule has 0 radical (unpaired) electrons. The number of hydrogen-bond donors (Lipinski definition) is 0. The molecule has 3 aromatic carbocycles. The summed E-state index contributed by atoms with van der Waals surface area (Å²) in [5.41, 5.74) is 4.39. The molecule has 1 heterocycles. The Bertz CT molecular complexity index is 1240. The average Bonchev–Trinajstić information content (AvgIpc) is 2.63. The van der Waals surface area contributed by atoms with E-state index in [1.54, 1.807) is 5.56 Å². The fraction of sp³-hybridized carbons (Fsp3) is 0.174. The van der Waals surface area contributed by atoms with Crippen LogP contribution in [0.4, 0.5) is 0 Å². The van der Waals surface area contributed by atoms with E-state index in [4.69, 9.17) is 4.98 Å². The van der Waals surface area contributed by atoms with Crippen molar-refractivity contribution in [2.24, 2.45) is 0 Å². The molecule has 114 valence electrons. The second kappa shape index (κ2) is 4.45. The summed E-state index contributed by atoms with van der Waals surface area (Å²) in [4.78, 5) is 4.75. The summed E-state index contributed by atoms with van der Waals surface area (Å²) in [7, 11) is 0. The Balaban J connectivity index is 1.63.